The molecule has 0 unspecified atom stereocenters. The maximum Gasteiger partial charge on any atom is 0.156 e. The van der Waals surface area contributed by atoms with Crippen molar-refractivity contribution in [3.63, 3.8) is 0 Å². The van der Waals surface area contributed by atoms with Crippen LogP contribution in [-0.4, -0.2) is 15.0 Å². The van der Waals surface area contributed by atoms with Gasteiger partial charge in [-0.2, -0.15) is 0 Å². The number of benzene rings is 1. The van der Waals surface area contributed by atoms with Crippen LogP contribution in [0.5, 0.6) is 0 Å². The van der Waals surface area contributed by atoms with Crippen LogP contribution in [-0.2, 0) is 0 Å². The molecular formula is C20H15N3. The third-order valence-electron chi connectivity index (χ3n) is 3.93. The van der Waals surface area contributed by atoms with Crippen molar-refractivity contribution in [3.05, 3.63) is 60.2 Å². The number of para-hydroxylation sites is 1. The maximum absolute atomic E-state index is 4.80. The molecule has 0 saturated heterocycles. The van der Waals surface area contributed by atoms with E-state index in [0.29, 0.717) is 0 Å². The fourth-order valence-corrected chi connectivity index (χ4v) is 2.83. The minimum absolute atomic E-state index is 0.787. The Hall–Kier alpha value is -2.99. The van der Waals surface area contributed by atoms with Gasteiger partial charge in [-0.15, -0.1) is 0 Å². The van der Waals surface area contributed by atoms with E-state index < -0.39 is 0 Å². The zero-order valence-electron chi connectivity index (χ0n) is 12.9. The maximum atomic E-state index is 4.80. The summed E-state index contributed by atoms with van der Waals surface area (Å²) in [5.41, 5.74) is 5.08. The van der Waals surface area contributed by atoms with Gasteiger partial charge < -0.3 is 0 Å². The molecule has 4 rings (SSSR count). The third-order valence-corrected chi connectivity index (χ3v) is 3.93. The number of hydrogen-bond acceptors (Lipinski definition) is 3. The highest BCUT2D eigenvalue weighted by Crippen LogP contribution is 2.28. The minimum atomic E-state index is 0.787. The van der Waals surface area contributed by atoms with Crippen LogP contribution in [0.2, 0.25) is 0 Å². The molecular weight excluding hydrogens is 282 g/mol. The molecule has 0 N–H and O–H groups in total. The zero-order chi connectivity index (χ0) is 15.6. The number of allylic oxidation sites excluding steroid dienone is 2. The average molecular weight is 297 g/mol. The summed E-state index contributed by atoms with van der Waals surface area (Å²) in [4.78, 5) is 13.8. The van der Waals surface area contributed by atoms with E-state index >= 15 is 0 Å². The van der Waals surface area contributed by atoms with E-state index in [-0.39, 0.29) is 0 Å². The summed E-state index contributed by atoms with van der Waals surface area (Å²) in [6, 6.07) is 12.2. The Labute approximate surface area is 135 Å². The first-order valence-electron chi connectivity index (χ1n) is 7.69. The highest BCUT2D eigenvalue weighted by atomic mass is 14.9. The van der Waals surface area contributed by atoms with E-state index in [4.69, 9.17) is 4.98 Å². The second kappa shape index (κ2) is 5.66. The molecule has 110 valence electrons. The van der Waals surface area contributed by atoms with Gasteiger partial charge in [0, 0.05) is 34.8 Å². The molecule has 2 aromatic heterocycles. The van der Waals surface area contributed by atoms with Crippen LogP contribution < -0.4 is 0 Å². The number of pyridine rings is 1. The lowest BCUT2D eigenvalue weighted by molar-refractivity contribution is 1.01. The van der Waals surface area contributed by atoms with Gasteiger partial charge in [0.2, 0.25) is 0 Å². The van der Waals surface area contributed by atoms with Crippen LogP contribution in [0.15, 0.2) is 48.7 Å². The molecule has 0 atom stereocenters. The van der Waals surface area contributed by atoms with E-state index in [2.05, 4.69) is 27.9 Å². The van der Waals surface area contributed by atoms with Gasteiger partial charge >= 0.3 is 0 Å². The van der Waals surface area contributed by atoms with Gasteiger partial charge in [0.05, 0.1) is 11.2 Å². The highest BCUT2D eigenvalue weighted by molar-refractivity contribution is 5.93. The summed E-state index contributed by atoms with van der Waals surface area (Å²) >= 11 is 0. The lowest BCUT2D eigenvalue weighted by Crippen LogP contribution is -2.00. The lowest BCUT2D eigenvalue weighted by atomic mass is 10.0. The van der Waals surface area contributed by atoms with Gasteiger partial charge in [0.15, 0.2) is 5.82 Å². The SMILES string of the molecule is Cc1cc(-c2ccnc3ccccc23)nc(C2=CC#CCC2)n1. The van der Waals surface area contributed by atoms with Gasteiger partial charge in [-0.3, -0.25) is 4.98 Å². The molecule has 0 aliphatic heterocycles. The summed E-state index contributed by atoms with van der Waals surface area (Å²) < 4.78 is 0. The second-order valence-corrected chi connectivity index (χ2v) is 5.58. The normalized spacial score (nSPS) is 13.3. The summed E-state index contributed by atoms with van der Waals surface area (Å²) in [5.74, 6) is 6.91. The Morgan fingerprint density at radius 2 is 2.00 bits per heavy atom. The fraction of sp³-hybridized carbons (Fsp3) is 0.150. The van der Waals surface area contributed by atoms with Gasteiger partial charge in [-0.25, -0.2) is 9.97 Å². The smallest absolute Gasteiger partial charge is 0.156 e. The number of nitrogens with zero attached hydrogens (tertiary/aromatic N) is 3. The number of fused-ring (bicyclic) bond motifs is 1. The molecule has 1 aliphatic carbocycles. The van der Waals surface area contributed by atoms with Gasteiger partial charge in [0.25, 0.3) is 0 Å². The van der Waals surface area contributed by atoms with Crippen LogP contribution in [0.1, 0.15) is 24.4 Å². The van der Waals surface area contributed by atoms with Gasteiger partial charge in [0.1, 0.15) is 0 Å². The van der Waals surface area contributed by atoms with Gasteiger partial charge in [-0.05, 0) is 37.6 Å². The van der Waals surface area contributed by atoms with Crippen molar-refractivity contribution >= 4 is 16.5 Å². The molecule has 1 aliphatic rings. The Balaban J connectivity index is 1.90. The summed E-state index contributed by atoms with van der Waals surface area (Å²) in [6.07, 6.45) is 5.55. The third kappa shape index (κ3) is 2.60. The number of aromatic nitrogens is 3. The summed E-state index contributed by atoms with van der Waals surface area (Å²) in [6.45, 7) is 2.01. The number of rotatable bonds is 2. The van der Waals surface area contributed by atoms with Gasteiger partial charge in [-0.1, -0.05) is 30.0 Å². The molecule has 0 fully saturated rings. The van der Waals surface area contributed by atoms with Crippen LogP contribution in [0.25, 0.3) is 27.7 Å². The van der Waals surface area contributed by atoms with Crippen molar-refractivity contribution in [2.24, 2.45) is 0 Å². The molecule has 23 heavy (non-hydrogen) atoms. The van der Waals surface area contributed by atoms with Crippen LogP contribution in [0.4, 0.5) is 0 Å². The first kappa shape index (κ1) is 13.7. The number of hydrogen-bond donors (Lipinski definition) is 0. The van der Waals surface area contributed by atoms with Crippen LogP contribution >= 0.6 is 0 Å². The van der Waals surface area contributed by atoms with Crippen LogP contribution in [0.3, 0.4) is 0 Å². The molecule has 3 heteroatoms. The van der Waals surface area contributed by atoms with E-state index in [0.717, 1.165) is 52.1 Å². The number of aryl methyl sites for hydroxylation is 1. The predicted octanol–water partition coefficient (Wildman–Crippen LogP) is 4.18. The Morgan fingerprint density at radius 3 is 2.87 bits per heavy atom. The fourth-order valence-electron chi connectivity index (χ4n) is 2.83. The van der Waals surface area contributed by atoms with Crippen molar-refractivity contribution in [1.82, 2.24) is 15.0 Å². The molecule has 1 aromatic carbocycles. The Morgan fingerprint density at radius 1 is 1.09 bits per heavy atom. The van der Waals surface area contributed by atoms with Crippen molar-refractivity contribution in [1.29, 1.82) is 0 Å². The molecule has 2 heterocycles. The lowest BCUT2D eigenvalue weighted by Gasteiger charge is -2.11. The van der Waals surface area contributed by atoms with Crippen molar-refractivity contribution in [3.8, 4) is 23.1 Å². The minimum Gasteiger partial charge on any atom is -0.256 e. The first-order chi connectivity index (χ1) is 11.3. The molecule has 0 bridgehead atoms. The molecule has 0 saturated carbocycles. The largest absolute Gasteiger partial charge is 0.256 e. The molecule has 3 nitrogen and oxygen atoms in total. The standard InChI is InChI=1S/C20H15N3/c1-14-13-19(23-20(22-14)15-7-3-2-4-8-15)17-11-12-21-18-10-6-5-9-16(17)18/h5-6,8-13H,3,7H2,1H3. The Kier molecular flexibility index (Phi) is 3.36. The summed E-state index contributed by atoms with van der Waals surface area (Å²) in [5, 5.41) is 1.11. The zero-order valence-corrected chi connectivity index (χ0v) is 12.9. The van der Waals surface area contributed by atoms with E-state index in [9.17, 15) is 0 Å². The topological polar surface area (TPSA) is 38.7 Å². The van der Waals surface area contributed by atoms with Crippen molar-refractivity contribution in [2.45, 2.75) is 19.8 Å². The molecule has 0 amide bonds. The van der Waals surface area contributed by atoms with E-state index in [1.165, 1.54) is 0 Å². The highest BCUT2D eigenvalue weighted by Gasteiger charge is 2.12. The van der Waals surface area contributed by atoms with E-state index in [1.54, 1.807) is 0 Å². The quantitative estimate of drug-likeness (QED) is 0.666. The molecule has 3 aromatic rings. The van der Waals surface area contributed by atoms with E-state index in [1.807, 2.05) is 49.5 Å². The summed E-state index contributed by atoms with van der Waals surface area (Å²) in [7, 11) is 0. The monoisotopic (exact) mass is 297 g/mol. The Bertz CT molecular complexity index is 985. The molecule has 0 radical (unpaired) electrons. The van der Waals surface area contributed by atoms with Crippen molar-refractivity contribution in [2.75, 3.05) is 0 Å². The molecule has 0 spiro atoms. The second-order valence-electron chi connectivity index (χ2n) is 5.58. The first-order valence-corrected chi connectivity index (χ1v) is 7.69. The van der Waals surface area contributed by atoms with Crippen LogP contribution in [0, 0.1) is 18.8 Å². The predicted molar refractivity (Wildman–Crippen MR) is 92.5 cm³/mol. The average Bonchev–Trinajstić information content (AvgIpc) is 2.61. The van der Waals surface area contributed by atoms with Crippen molar-refractivity contribution < 1.29 is 0 Å².